The Balaban J connectivity index is 1.13. The van der Waals surface area contributed by atoms with Crippen LogP contribution >= 0.6 is 11.6 Å². The second-order valence-electron chi connectivity index (χ2n) is 9.15. The molecule has 0 radical (unpaired) electrons. The van der Waals surface area contributed by atoms with Crippen LogP contribution < -0.4 is 14.9 Å². The number of halogens is 1. The quantitative estimate of drug-likeness (QED) is 0.146. The van der Waals surface area contributed by atoms with Crippen molar-refractivity contribution in [1.82, 2.24) is 9.99 Å². The summed E-state index contributed by atoms with van der Waals surface area (Å²) in [7, 11) is 0. The Morgan fingerprint density at radius 2 is 1.60 bits per heavy atom. The summed E-state index contributed by atoms with van der Waals surface area (Å²) in [5.74, 6) is 1.53. The highest BCUT2D eigenvalue weighted by Crippen LogP contribution is 2.21. The van der Waals surface area contributed by atoms with Crippen LogP contribution in [0.5, 0.6) is 11.5 Å². The number of para-hydroxylation sites is 1. The fraction of sp³-hybridized carbons (Fsp3) is 0.125. The van der Waals surface area contributed by atoms with Crippen molar-refractivity contribution in [1.29, 1.82) is 0 Å². The first-order chi connectivity index (χ1) is 19.5. The van der Waals surface area contributed by atoms with Crippen LogP contribution in [0.1, 0.15) is 38.8 Å². The van der Waals surface area contributed by atoms with E-state index in [1.165, 1.54) is 17.6 Å². The number of aromatic nitrogens is 1. The maximum atomic E-state index is 12.5. The zero-order chi connectivity index (χ0) is 27.9. The topological polar surface area (TPSA) is 78.0 Å². The minimum Gasteiger partial charge on any atom is -0.488 e. The molecule has 0 aliphatic carbocycles. The number of rotatable bonds is 10. The van der Waals surface area contributed by atoms with Gasteiger partial charge in [-0.15, -0.1) is 0 Å². The summed E-state index contributed by atoms with van der Waals surface area (Å²) in [4.78, 5) is 12.5. The molecule has 0 fully saturated rings. The van der Waals surface area contributed by atoms with E-state index in [1.54, 1.807) is 12.1 Å². The number of hydrogen-bond donors (Lipinski definition) is 1. The van der Waals surface area contributed by atoms with Gasteiger partial charge >= 0.3 is 5.91 Å². The Kier molecular flexibility index (Phi) is 8.32. The number of carbonyl (C=O) groups is 1. The van der Waals surface area contributed by atoms with Crippen molar-refractivity contribution in [3.8, 4) is 17.2 Å². The van der Waals surface area contributed by atoms with E-state index in [-0.39, 0.29) is 12.4 Å². The van der Waals surface area contributed by atoms with Gasteiger partial charge in [-0.05, 0) is 92.2 Å². The minimum atomic E-state index is -0.469. The lowest BCUT2D eigenvalue weighted by Crippen LogP contribution is -2.16. The van der Waals surface area contributed by atoms with Gasteiger partial charge in [0, 0.05) is 27.7 Å². The minimum absolute atomic E-state index is 0.136. The van der Waals surface area contributed by atoms with Crippen LogP contribution in [0.25, 0.3) is 5.69 Å². The average Bonchev–Trinajstić information content (AvgIpc) is 3.58. The second-order valence-corrected chi connectivity index (χ2v) is 9.59. The van der Waals surface area contributed by atoms with Crippen molar-refractivity contribution in [2.75, 3.05) is 0 Å². The number of carbonyl (C=O) groups excluding carboxylic acids is 1. The van der Waals surface area contributed by atoms with Crippen LogP contribution in [0.2, 0.25) is 5.02 Å². The van der Waals surface area contributed by atoms with Gasteiger partial charge in [0.2, 0.25) is 0 Å². The van der Waals surface area contributed by atoms with E-state index in [4.69, 9.17) is 25.5 Å². The zero-order valence-corrected chi connectivity index (χ0v) is 22.9. The van der Waals surface area contributed by atoms with E-state index >= 15 is 0 Å². The van der Waals surface area contributed by atoms with Gasteiger partial charge < -0.3 is 18.5 Å². The summed E-state index contributed by atoms with van der Waals surface area (Å²) in [6.07, 6.45) is 1.53. The number of nitrogens with zero attached hydrogens (tertiary/aromatic N) is 2. The first kappa shape index (κ1) is 26.8. The number of benzene rings is 3. The molecule has 8 heteroatoms. The van der Waals surface area contributed by atoms with E-state index in [2.05, 4.69) is 41.1 Å². The normalized spacial score (nSPS) is 11.1. The van der Waals surface area contributed by atoms with Gasteiger partial charge in [-0.1, -0.05) is 35.9 Å². The monoisotopic (exact) mass is 553 g/mol. The summed E-state index contributed by atoms with van der Waals surface area (Å²) in [6.45, 7) is 4.72. The van der Waals surface area contributed by atoms with Crippen molar-refractivity contribution in [2.45, 2.75) is 27.1 Å². The molecule has 0 unspecified atom stereocenters. The maximum Gasteiger partial charge on any atom is 0.307 e. The third-order valence-corrected chi connectivity index (χ3v) is 6.48. The number of furan rings is 1. The number of nitrogens with one attached hydrogen (secondary N) is 1. The molecule has 3 aromatic carbocycles. The van der Waals surface area contributed by atoms with Crippen LogP contribution in [-0.2, 0) is 13.2 Å². The highest BCUT2D eigenvalue weighted by molar-refractivity contribution is 6.30. The molecule has 0 bridgehead atoms. The predicted molar refractivity (Wildman–Crippen MR) is 156 cm³/mol. The molecule has 0 aliphatic rings. The predicted octanol–water partition coefficient (Wildman–Crippen LogP) is 7.26. The van der Waals surface area contributed by atoms with Crippen LogP contribution in [0.15, 0.2) is 107 Å². The number of hydrogen-bond acceptors (Lipinski definition) is 5. The SMILES string of the molecule is Cc1ccc(C)n1-c1ccc(OCc2ccc(C(=O)N/N=C/c3ccccc3OCc3ccc(Cl)cc3)o2)cc1. The van der Waals surface area contributed by atoms with Gasteiger partial charge in [0.1, 0.15) is 30.5 Å². The Bertz CT molecular complexity index is 1600. The van der Waals surface area contributed by atoms with Gasteiger partial charge in [0.05, 0.1) is 6.21 Å². The molecule has 0 spiro atoms. The Hall–Kier alpha value is -4.75. The molecule has 5 rings (SSSR count). The summed E-state index contributed by atoms with van der Waals surface area (Å²) in [6, 6.07) is 30.2. The van der Waals surface area contributed by atoms with Gasteiger partial charge in [-0.3, -0.25) is 4.79 Å². The van der Waals surface area contributed by atoms with Gasteiger partial charge in [-0.2, -0.15) is 5.10 Å². The Morgan fingerprint density at radius 1 is 0.875 bits per heavy atom. The standard InChI is InChI=1S/C32H28ClN3O4/c1-22-7-8-23(2)36(22)27-13-15-28(16-14-27)38-21-29-17-18-31(40-29)32(37)35-34-19-25-5-3-4-6-30(25)39-20-24-9-11-26(33)12-10-24/h3-19H,20-21H2,1-2H3,(H,35,37)/b34-19+. The van der Waals surface area contributed by atoms with Crippen molar-refractivity contribution < 1.29 is 18.7 Å². The van der Waals surface area contributed by atoms with Crippen LogP contribution in [0, 0.1) is 13.8 Å². The van der Waals surface area contributed by atoms with E-state index in [1.807, 2.05) is 72.8 Å². The second kappa shape index (κ2) is 12.4. The van der Waals surface area contributed by atoms with Crippen LogP contribution in [0.4, 0.5) is 0 Å². The molecule has 5 aromatic rings. The average molecular weight is 554 g/mol. The largest absolute Gasteiger partial charge is 0.488 e. The molecule has 1 N–H and O–H groups in total. The molecule has 40 heavy (non-hydrogen) atoms. The molecular formula is C32H28ClN3O4. The highest BCUT2D eigenvalue weighted by Gasteiger charge is 2.11. The van der Waals surface area contributed by atoms with Gasteiger partial charge in [0.25, 0.3) is 0 Å². The molecule has 202 valence electrons. The van der Waals surface area contributed by atoms with Crippen molar-refractivity contribution >= 4 is 23.7 Å². The summed E-state index contributed by atoms with van der Waals surface area (Å²) < 4.78 is 19.6. The molecule has 0 aliphatic heterocycles. The number of hydrazone groups is 1. The lowest BCUT2D eigenvalue weighted by atomic mass is 10.2. The van der Waals surface area contributed by atoms with Gasteiger partial charge in [-0.25, -0.2) is 5.43 Å². The van der Waals surface area contributed by atoms with Gasteiger partial charge in [0.15, 0.2) is 5.76 Å². The third-order valence-electron chi connectivity index (χ3n) is 6.23. The highest BCUT2D eigenvalue weighted by atomic mass is 35.5. The first-order valence-electron chi connectivity index (χ1n) is 12.7. The van der Waals surface area contributed by atoms with E-state index < -0.39 is 5.91 Å². The smallest absolute Gasteiger partial charge is 0.307 e. The summed E-state index contributed by atoms with van der Waals surface area (Å²) in [5, 5.41) is 4.75. The fourth-order valence-electron chi connectivity index (χ4n) is 4.18. The number of amides is 1. The first-order valence-corrected chi connectivity index (χ1v) is 13.1. The summed E-state index contributed by atoms with van der Waals surface area (Å²) >= 11 is 5.94. The van der Waals surface area contributed by atoms with Crippen molar-refractivity contribution in [3.63, 3.8) is 0 Å². The maximum absolute atomic E-state index is 12.5. The molecule has 2 heterocycles. The Labute approximate surface area is 237 Å². The van der Waals surface area contributed by atoms with Crippen molar-refractivity contribution in [3.05, 3.63) is 136 Å². The lowest BCUT2D eigenvalue weighted by Gasteiger charge is -2.10. The molecule has 0 atom stereocenters. The summed E-state index contributed by atoms with van der Waals surface area (Å²) in [5.41, 5.74) is 7.61. The number of aryl methyl sites for hydroxylation is 2. The molecule has 7 nitrogen and oxygen atoms in total. The molecule has 0 saturated heterocycles. The zero-order valence-electron chi connectivity index (χ0n) is 22.1. The molecule has 0 saturated carbocycles. The number of ether oxygens (including phenoxy) is 2. The van der Waals surface area contributed by atoms with Crippen LogP contribution in [-0.4, -0.2) is 16.7 Å². The fourth-order valence-corrected chi connectivity index (χ4v) is 4.30. The van der Waals surface area contributed by atoms with E-state index in [0.717, 1.165) is 16.8 Å². The van der Waals surface area contributed by atoms with Crippen molar-refractivity contribution in [2.24, 2.45) is 5.10 Å². The molecule has 1 amide bonds. The molecule has 2 aromatic heterocycles. The Morgan fingerprint density at radius 3 is 2.35 bits per heavy atom. The van der Waals surface area contributed by atoms with E-state index in [9.17, 15) is 4.79 Å². The lowest BCUT2D eigenvalue weighted by molar-refractivity contribution is 0.0923. The third kappa shape index (κ3) is 6.62. The van der Waals surface area contributed by atoms with E-state index in [0.29, 0.717) is 28.9 Å². The molecular weight excluding hydrogens is 526 g/mol. The van der Waals surface area contributed by atoms with Crippen LogP contribution in [0.3, 0.4) is 0 Å².